The molecule has 0 atom stereocenters. The lowest BCUT2D eigenvalue weighted by atomic mass is 10.00. The van der Waals surface area contributed by atoms with Crippen molar-refractivity contribution in [2.75, 3.05) is 18.5 Å². The van der Waals surface area contributed by atoms with Crippen molar-refractivity contribution in [3.63, 3.8) is 0 Å². The SMILES string of the molecule is CN1CCCc2cc(C=C[N+](=O)[O-])ccc21. The van der Waals surface area contributed by atoms with Gasteiger partial charge in [-0.3, -0.25) is 10.1 Å². The van der Waals surface area contributed by atoms with E-state index in [0.717, 1.165) is 31.1 Å². The topological polar surface area (TPSA) is 46.4 Å². The first-order valence-electron chi connectivity index (χ1n) is 5.32. The third-order valence-electron chi connectivity index (χ3n) is 2.84. The summed E-state index contributed by atoms with van der Waals surface area (Å²) in [5.74, 6) is 0. The highest BCUT2D eigenvalue weighted by atomic mass is 16.6. The Bertz CT molecular complexity index is 441. The van der Waals surface area contributed by atoms with Crippen molar-refractivity contribution in [3.05, 3.63) is 45.6 Å². The normalized spacial score (nSPS) is 15.2. The van der Waals surface area contributed by atoms with Crippen LogP contribution in [0.2, 0.25) is 0 Å². The summed E-state index contributed by atoms with van der Waals surface area (Å²) in [6, 6.07) is 5.99. The number of hydrogen-bond acceptors (Lipinski definition) is 3. The van der Waals surface area contributed by atoms with Gasteiger partial charge in [-0.2, -0.15) is 0 Å². The first-order chi connectivity index (χ1) is 7.66. The molecule has 0 N–H and O–H groups in total. The molecule has 16 heavy (non-hydrogen) atoms. The number of aryl methyl sites for hydroxylation is 1. The summed E-state index contributed by atoms with van der Waals surface area (Å²) in [4.78, 5) is 12.0. The maximum Gasteiger partial charge on any atom is 0.235 e. The molecule has 0 saturated carbocycles. The average molecular weight is 218 g/mol. The zero-order chi connectivity index (χ0) is 11.5. The number of rotatable bonds is 2. The van der Waals surface area contributed by atoms with E-state index in [-0.39, 0.29) is 0 Å². The smallest absolute Gasteiger partial charge is 0.235 e. The lowest BCUT2D eigenvalue weighted by molar-refractivity contribution is -0.400. The predicted octanol–water partition coefficient (Wildman–Crippen LogP) is 2.32. The monoisotopic (exact) mass is 218 g/mol. The molecule has 1 aliphatic rings. The fraction of sp³-hybridized carbons (Fsp3) is 0.333. The van der Waals surface area contributed by atoms with Gasteiger partial charge in [-0.25, -0.2) is 0 Å². The Hall–Kier alpha value is -1.84. The van der Waals surface area contributed by atoms with E-state index < -0.39 is 4.92 Å². The van der Waals surface area contributed by atoms with Crippen LogP contribution in [-0.2, 0) is 6.42 Å². The maximum atomic E-state index is 10.2. The molecule has 2 rings (SSSR count). The number of nitrogens with zero attached hydrogens (tertiary/aromatic N) is 2. The first-order valence-corrected chi connectivity index (χ1v) is 5.32. The van der Waals surface area contributed by atoms with Crippen molar-refractivity contribution >= 4 is 11.8 Å². The Kier molecular flexibility index (Phi) is 2.90. The van der Waals surface area contributed by atoms with Crippen molar-refractivity contribution < 1.29 is 4.92 Å². The van der Waals surface area contributed by atoms with E-state index in [1.54, 1.807) is 0 Å². The minimum atomic E-state index is -0.439. The molecule has 84 valence electrons. The summed E-state index contributed by atoms with van der Waals surface area (Å²) in [6.45, 7) is 1.08. The van der Waals surface area contributed by atoms with Gasteiger partial charge in [-0.1, -0.05) is 6.07 Å². The fourth-order valence-corrected chi connectivity index (χ4v) is 2.06. The van der Waals surface area contributed by atoms with E-state index in [1.165, 1.54) is 17.3 Å². The van der Waals surface area contributed by atoms with Crippen LogP contribution >= 0.6 is 0 Å². The highest BCUT2D eigenvalue weighted by molar-refractivity contribution is 5.61. The molecule has 4 nitrogen and oxygen atoms in total. The second-order valence-corrected chi connectivity index (χ2v) is 4.01. The zero-order valence-electron chi connectivity index (χ0n) is 9.22. The van der Waals surface area contributed by atoms with Crippen LogP contribution in [0, 0.1) is 10.1 Å². The van der Waals surface area contributed by atoms with Gasteiger partial charge in [0.25, 0.3) is 0 Å². The Morgan fingerprint density at radius 3 is 3.06 bits per heavy atom. The Balaban J connectivity index is 2.28. The van der Waals surface area contributed by atoms with Crippen LogP contribution in [0.25, 0.3) is 6.08 Å². The highest BCUT2D eigenvalue weighted by Gasteiger charge is 2.12. The molecule has 0 saturated heterocycles. The van der Waals surface area contributed by atoms with Gasteiger partial charge in [-0.15, -0.1) is 0 Å². The summed E-state index contributed by atoms with van der Waals surface area (Å²) in [5, 5.41) is 10.2. The average Bonchev–Trinajstić information content (AvgIpc) is 2.26. The highest BCUT2D eigenvalue weighted by Crippen LogP contribution is 2.27. The second-order valence-electron chi connectivity index (χ2n) is 4.01. The number of hydrogen-bond donors (Lipinski definition) is 0. The van der Waals surface area contributed by atoms with E-state index in [2.05, 4.69) is 11.9 Å². The predicted molar refractivity (Wildman–Crippen MR) is 64.1 cm³/mol. The third kappa shape index (κ3) is 2.21. The largest absolute Gasteiger partial charge is 0.374 e. The Labute approximate surface area is 94.3 Å². The molecule has 0 aromatic heterocycles. The molecule has 4 heteroatoms. The van der Waals surface area contributed by atoms with E-state index in [9.17, 15) is 10.1 Å². The molecule has 0 spiro atoms. The summed E-state index contributed by atoms with van der Waals surface area (Å²) >= 11 is 0. The van der Waals surface area contributed by atoms with Gasteiger partial charge in [-0.05, 0) is 36.1 Å². The summed E-state index contributed by atoms with van der Waals surface area (Å²) < 4.78 is 0. The molecule has 0 fully saturated rings. The molecule has 0 amide bonds. The fourth-order valence-electron chi connectivity index (χ4n) is 2.06. The quantitative estimate of drug-likeness (QED) is 0.565. The molecule has 1 aromatic rings. The zero-order valence-corrected chi connectivity index (χ0v) is 9.22. The van der Waals surface area contributed by atoms with Crippen LogP contribution in [0.3, 0.4) is 0 Å². The van der Waals surface area contributed by atoms with Gasteiger partial charge in [0, 0.05) is 25.4 Å². The van der Waals surface area contributed by atoms with Crippen LogP contribution < -0.4 is 4.90 Å². The molecular formula is C12H14N2O2. The summed E-state index contributed by atoms with van der Waals surface area (Å²) in [5.41, 5.74) is 3.41. The number of anilines is 1. The molecule has 0 radical (unpaired) electrons. The van der Waals surface area contributed by atoms with Gasteiger partial charge in [0.05, 0.1) is 4.92 Å². The molecule has 0 aliphatic carbocycles. The van der Waals surface area contributed by atoms with E-state index in [4.69, 9.17) is 0 Å². The molecule has 1 aromatic carbocycles. The van der Waals surface area contributed by atoms with Crippen LogP contribution in [0.15, 0.2) is 24.4 Å². The minimum Gasteiger partial charge on any atom is -0.374 e. The van der Waals surface area contributed by atoms with Gasteiger partial charge >= 0.3 is 0 Å². The number of benzene rings is 1. The van der Waals surface area contributed by atoms with Gasteiger partial charge in [0.15, 0.2) is 0 Å². The maximum absolute atomic E-state index is 10.2. The lowest BCUT2D eigenvalue weighted by Gasteiger charge is -2.27. The molecule has 0 unspecified atom stereocenters. The standard InChI is InChI=1S/C12H14N2O2/c1-13-7-2-3-11-9-10(4-5-12(11)13)6-8-14(15)16/h4-6,8-9H,2-3,7H2,1H3. The van der Waals surface area contributed by atoms with Gasteiger partial charge < -0.3 is 4.90 Å². The Morgan fingerprint density at radius 2 is 2.31 bits per heavy atom. The van der Waals surface area contributed by atoms with Crippen molar-refractivity contribution in [1.29, 1.82) is 0 Å². The number of nitro groups is 1. The third-order valence-corrected chi connectivity index (χ3v) is 2.84. The van der Waals surface area contributed by atoms with E-state index in [0.29, 0.717) is 0 Å². The van der Waals surface area contributed by atoms with Crippen molar-refractivity contribution in [3.8, 4) is 0 Å². The van der Waals surface area contributed by atoms with E-state index >= 15 is 0 Å². The second kappa shape index (κ2) is 4.35. The van der Waals surface area contributed by atoms with Gasteiger partial charge in [0.2, 0.25) is 6.20 Å². The summed E-state index contributed by atoms with van der Waals surface area (Å²) in [7, 11) is 2.07. The van der Waals surface area contributed by atoms with E-state index in [1.807, 2.05) is 18.2 Å². The molecule has 1 aliphatic heterocycles. The minimum absolute atomic E-state index is 0.439. The Morgan fingerprint density at radius 1 is 1.50 bits per heavy atom. The number of fused-ring (bicyclic) bond motifs is 1. The molecule has 0 bridgehead atoms. The van der Waals surface area contributed by atoms with Gasteiger partial charge in [0.1, 0.15) is 0 Å². The molecular weight excluding hydrogens is 204 g/mol. The van der Waals surface area contributed by atoms with Crippen LogP contribution in [0.5, 0.6) is 0 Å². The van der Waals surface area contributed by atoms with Crippen LogP contribution in [-0.4, -0.2) is 18.5 Å². The van der Waals surface area contributed by atoms with Crippen molar-refractivity contribution in [2.45, 2.75) is 12.8 Å². The van der Waals surface area contributed by atoms with Crippen LogP contribution in [0.1, 0.15) is 17.5 Å². The first kappa shape index (κ1) is 10.7. The summed E-state index contributed by atoms with van der Waals surface area (Å²) in [6.07, 6.45) is 4.72. The molecule has 1 heterocycles. The van der Waals surface area contributed by atoms with Crippen molar-refractivity contribution in [2.24, 2.45) is 0 Å². The van der Waals surface area contributed by atoms with Crippen molar-refractivity contribution in [1.82, 2.24) is 0 Å². The lowest BCUT2D eigenvalue weighted by Crippen LogP contribution is -2.24. The van der Waals surface area contributed by atoms with Crippen LogP contribution in [0.4, 0.5) is 5.69 Å².